The van der Waals surface area contributed by atoms with Crippen LogP contribution in [0.5, 0.6) is 0 Å². The molecule has 9 nitrogen and oxygen atoms in total. The van der Waals surface area contributed by atoms with E-state index >= 15 is 0 Å². The molecule has 0 saturated carbocycles. The Morgan fingerprint density at radius 1 is 1.03 bits per heavy atom. The summed E-state index contributed by atoms with van der Waals surface area (Å²) in [6.07, 6.45) is 5.99. The van der Waals surface area contributed by atoms with E-state index in [4.69, 9.17) is 9.72 Å². The van der Waals surface area contributed by atoms with Crippen LogP contribution in [0, 0.1) is 0 Å². The number of carbonyl (C=O) groups excluding carboxylic acids is 2. The number of amides is 2. The van der Waals surface area contributed by atoms with E-state index in [1.807, 2.05) is 40.0 Å². The van der Waals surface area contributed by atoms with Crippen molar-refractivity contribution in [2.45, 2.75) is 70.9 Å². The van der Waals surface area contributed by atoms with Gasteiger partial charge in [0.1, 0.15) is 11.4 Å². The van der Waals surface area contributed by atoms with Crippen LogP contribution in [-0.2, 0) is 11.8 Å². The summed E-state index contributed by atoms with van der Waals surface area (Å²) in [6, 6.07) is 3.97. The highest BCUT2D eigenvalue weighted by Crippen LogP contribution is 2.24. The minimum absolute atomic E-state index is 0.00225. The van der Waals surface area contributed by atoms with Crippen LogP contribution in [-0.4, -0.2) is 69.5 Å². The smallest absolute Gasteiger partial charge is 0.410 e. The van der Waals surface area contributed by atoms with E-state index in [9.17, 15) is 9.59 Å². The maximum absolute atomic E-state index is 13.0. The number of aromatic nitrogens is 3. The normalized spacial score (nSPS) is 18.3. The number of anilines is 1. The number of hydrogen-bond donors (Lipinski definition) is 1. The Bertz CT molecular complexity index is 996. The molecule has 0 aliphatic carbocycles. The van der Waals surface area contributed by atoms with Crippen LogP contribution < -0.4 is 10.2 Å². The zero-order valence-corrected chi connectivity index (χ0v) is 20.3. The minimum Gasteiger partial charge on any atom is -0.444 e. The molecule has 2 aromatic rings. The Balaban J connectivity index is 1.40. The summed E-state index contributed by atoms with van der Waals surface area (Å²) in [5.74, 6) is 0.759. The fourth-order valence-electron chi connectivity index (χ4n) is 4.55. The Kier molecular flexibility index (Phi) is 6.76. The van der Waals surface area contributed by atoms with Gasteiger partial charge >= 0.3 is 6.09 Å². The molecule has 0 aromatic carbocycles. The second-order valence-corrected chi connectivity index (χ2v) is 10.1. The zero-order chi connectivity index (χ0) is 23.6. The van der Waals surface area contributed by atoms with E-state index < -0.39 is 5.60 Å². The van der Waals surface area contributed by atoms with Gasteiger partial charge in [0.15, 0.2) is 11.3 Å². The van der Waals surface area contributed by atoms with E-state index in [-0.39, 0.29) is 18.0 Å². The molecule has 0 unspecified atom stereocenters. The Labute approximate surface area is 195 Å². The highest BCUT2D eigenvalue weighted by Gasteiger charge is 2.28. The number of pyridine rings is 1. The summed E-state index contributed by atoms with van der Waals surface area (Å²) in [6.45, 7) is 8.74. The predicted octanol–water partition coefficient (Wildman–Crippen LogP) is 3.48. The number of aryl methyl sites for hydroxylation is 1. The molecule has 0 radical (unpaired) electrons. The van der Waals surface area contributed by atoms with Gasteiger partial charge in [-0.2, -0.15) is 5.10 Å². The number of nitrogens with one attached hydrogen (secondary N) is 1. The van der Waals surface area contributed by atoms with Gasteiger partial charge in [-0.1, -0.05) is 12.8 Å². The Morgan fingerprint density at radius 2 is 1.70 bits per heavy atom. The highest BCUT2D eigenvalue weighted by molar-refractivity contribution is 6.04. The number of ether oxygens (including phenoxy) is 1. The van der Waals surface area contributed by atoms with Gasteiger partial charge in [0.05, 0.1) is 5.39 Å². The lowest BCUT2D eigenvalue weighted by molar-refractivity contribution is 0.0199. The third-order valence-corrected chi connectivity index (χ3v) is 6.30. The van der Waals surface area contributed by atoms with Crippen LogP contribution in [0.25, 0.3) is 11.0 Å². The first-order chi connectivity index (χ1) is 15.7. The SMILES string of the molecule is Cn1nc(C(=O)NC2CCN(C(=O)OC(C)(C)C)CC2)c2ccc(N3CCCCCC3)nc21. The zero-order valence-electron chi connectivity index (χ0n) is 20.3. The largest absolute Gasteiger partial charge is 0.444 e. The molecule has 0 bridgehead atoms. The number of piperidine rings is 1. The topological polar surface area (TPSA) is 92.6 Å². The van der Waals surface area contributed by atoms with Crippen molar-refractivity contribution >= 4 is 28.9 Å². The molecule has 33 heavy (non-hydrogen) atoms. The van der Waals surface area contributed by atoms with E-state index in [2.05, 4.69) is 15.3 Å². The number of likely N-dealkylation sites (tertiary alicyclic amines) is 1. The van der Waals surface area contributed by atoms with Crippen molar-refractivity contribution in [1.82, 2.24) is 25.0 Å². The minimum atomic E-state index is -0.511. The van der Waals surface area contributed by atoms with Gasteiger partial charge in [-0.3, -0.25) is 4.79 Å². The molecule has 180 valence electrons. The second-order valence-electron chi connectivity index (χ2n) is 10.1. The van der Waals surface area contributed by atoms with Crippen molar-refractivity contribution in [1.29, 1.82) is 0 Å². The monoisotopic (exact) mass is 456 g/mol. The lowest BCUT2D eigenvalue weighted by Crippen LogP contribution is -2.47. The molecule has 2 aliphatic rings. The van der Waals surface area contributed by atoms with Gasteiger partial charge in [0.25, 0.3) is 5.91 Å². The lowest BCUT2D eigenvalue weighted by atomic mass is 10.0. The number of fused-ring (bicyclic) bond motifs is 1. The summed E-state index contributed by atoms with van der Waals surface area (Å²) in [5.41, 5.74) is 0.613. The molecule has 4 heterocycles. The third-order valence-electron chi connectivity index (χ3n) is 6.30. The number of hydrogen-bond acceptors (Lipinski definition) is 6. The summed E-state index contributed by atoms with van der Waals surface area (Å²) >= 11 is 0. The summed E-state index contributed by atoms with van der Waals surface area (Å²) < 4.78 is 7.14. The quantitative estimate of drug-likeness (QED) is 0.760. The summed E-state index contributed by atoms with van der Waals surface area (Å²) in [5, 5.41) is 8.35. The molecule has 2 fully saturated rings. The van der Waals surface area contributed by atoms with E-state index in [0.29, 0.717) is 31.6 Å². The summed E-state index contributed by atoms with van der Waals surface area (Å²) in [4.78, 5) is 34.2. The van der Waals surface area contributed by atoms with Crippen LogP contribution in [0.1, 0.15) is 69.8 Å². The number of rotatable bonds is 3. The van der Waals surface area contributed by atoms with Crippen molar-refractivity contribution in [3.63, 3.8) is 0 Å². The van der Waals surface area contributed by atoms with Gasteiger partial charge in [-0.15, -0.1) is 0 Å². The first-order valence-corrected chi connectivity index (χ1v) is 12.1. The van der Waals surface area contributed by atoms with Crippen LogP contribution in [0.15, 0.2) is 12.1 Å². The Morgan fingerprint density at radius 3 is 2.33 bits per heavy atom. The molecule has 9 heteroatoms. The molecule has 1 N–H and O–H groups in total. The van der Waals surface area contributed by atoms with Crippen molar-refractivity contribution in [3.8, 4) is 0 Å². The maximum atomic E-state index is 13.0. The fraction of sp³-hybridized carbons (Fsp3) is 0.667. The van der Waals surface area contributed by atoms with Gasteiger partial charge < -0.3 is 19.9 Å². The summed E-state index contributed by atoms with van der Waals surface area (Å²) in [7, 11) is 1.83. The van der Waals surface area contributed by atoms with E-state index in [1.54, 1.807) is 9.58 Å². The van der Waals surface area contributed by atoms with Crippen molar-refractivity contribution in [3.05, 3.63) is 17.8 Å². The molecular weight excluding hydrogens is 420 g/mol. The molecular formula is C24H36N6O3. The molecule has 2 amide bonds. The van der Waals surface area contributed by atoms with Gasteiger partial charge in [0.2, 0.25) is 0 Å². The van der Waals surface area contributed by atoms with Crippen molar-refractivity contribution in [2.75, 3.05) is 31.1 Å². The highest BCUT2D eigenvalue weighted by atomic mass is 16.6. The van der Waals surface area contributed by atoms with Crippen molar-refractivity contribution in [2.24, 2.45) is 7.05 Å². The second kappa shape index (κ2) is 9.57. The average molecular weight is 457 g/mol. The van der Waals surface area contributed by atoms with Crippen LogP contribution in [0.2, 0.25) is 0 Å². The fourth-order valence-corrected chi connectivity index (χ4v) is 4.55. The van der Waals surface area contributed by atoms with Crippen molar-refractivity contribution < 1.29 is 14.3 Å². The van der Waals surface area contributed by atoms with Gasteiger partial charge in [0, 0.05) is 39.3 Å². The maximum Gasteiger partial charge on any atom is 0.410 e. The number of carbonyl (C=O) groups is 2. The van der Waals surface area contributed by atoms with Crippen LogP contribution in [0.3, 0.4) is 0 Å². The molecule has 0 atom stereocenters. The molecule has 2 saturated heterocycles. The Hall–Kier alpha value is -2.84. The average Bonchev–Trinajstić information content (AvgIpc) is 2.93. The molecule has 2 aromatic heterocycles. The molecule has 2 aliphatic heterocycles. The first kappa shape index (κ1) is 23.3. The predicted molar refractivity (Wildman–Crippen MR) is 127 cm³/mol. The third kappa shape index (κ3) is 5.57. The molecule has 4 rings (SSSR count). The number of nitrogens with zero attached hydrogens (tertiary/aromatic N) is 5. The van der Waals surface area contributed by atoms with Crippen LogP contribution in [0.4, 0.5) is 10.6 Å². The van der Waals surface area contributed by atoms with E-state index in [1.165, 1.54) is 25.7 Å². The van der Waals surface area contributed by atoms with Crippen LogP contribution >= 0.6 is 0 Å². The molecule has 0 spiro atoms. The van der Waals surface area contributed by atoms with Gasteiger partial charge in [-0.25, -0.2) is 14.5 Å². The first-order valence-electron chi connectivity index (χ1n) is 12.1. The van der Waals surface area contributed by atoms with E-state index in [0.717, 1.165) is 29.9 Å². The van der Waals surface area contributed by atoms with Gasteiger partial charge in [-0.05, 0) is 58.6 Å². The lowest BCUT2D eigenvalue weighted by Gasteiger charge is -2.33. The standard InChI is InChI=1S/C24H36N6O3/c1-24(2,3)33-23(32)30-15-11-17(12-16-30)25-22(31)20-18-9-10-19(26-21(18)28(4)27-20)29-13-7-5-6-8-14-29/h9-10,17H,5-8,11-16H2,1-4H3,(H,25,31).